The number of aromatic nitrogens is 2. The maximum atomic E-state index is 13.2. The molecule has 0 radical (unpaired) electrons. The number of hydrogen-bond acceptors (Lipinski definition) is 3. The fourth-order valence-corrected chi connectivity index (χ4v) is 1.86. The lowest BCUT2D eigenvalue weighted by Crippen LogP contribution is -2.39. The normalized spacial score (nSPS) is 12.6. The zero-order valence-electron chi connectivity index (χ0n) is 12.3. The predicted octanol–water partition coefficient (Wildman–Crippen LogP) is 1.70. The highest BCUT2D eigenvalue weighted by atomic mass is 19.1. The SMILES string of the molecule is CC(C)[C@H](C)NC(=O)Cn1cnc2ccc(F)cc2c1=O. The predicted molar refractivity (Wildman–Crippen MR) is 78.4 cm³/mol. The Labute approximate surface area is 121 Å². The Morgan fingerprint density at radius 2 is 2.10 bits per heavy atom. The third kappa shape index (κ3) is 3.45. The summed E-state index contributed by atoms with van der Waals surface area (Å²) in [5.74, 6) is -0.470. The van der Waals surface area contributed by atoms with Crippen molar-refractivity contribution in [3.05, 3.63) is 40.7 Å². The van der Waals surface area contributed by atoms with Crippen LogP contribution in [-0.2, 0) is 11.3 Å². The van der Waals surface area contributed by atoms with E-state index in [9.17, 15) is 14.0 Å². The topological polar surface area (TPSA) is 64.0 Å². The Bertz CT molecular complexity index is 724. The smallest absolute Gasteiger partial charge is 0.261 e. The largest absolute Gasteiger partial charge is 0.352 e. The number of rotatable bonds is 4. The molecule has 0 saturated heterocycles. The first-order chi connectivity index (χ1) is 9.88. The number of carbonyl (C=O) groups is 1. The van der Waals surface area contributed by atoms with Crippen LogP contribution in [0.15, 0.2) is 29.3 Å². The molecule has 0 aliphatic rings. The average molecular weight is 291 g/mol. The van der Waals surface area contributed by atoms with Crippen molar-refractivity contribution in [2.45, 2.75) is 33.4 Å². The summed E-state index contributed by atoms with van der Waals surface area (Å²) < 4.78 is 14.4. The van der Waals surface area contributed by atoms with Gasteiger partial charge in [0.1, 0.15) is 12.4 Å². The monoisotopic (exact) mass is 291 g/mol. The molecule has 6 heteroatoms. The molecule has 0 fully saturated rings. The van der Waals surface area contributed by atoms with E-state index in [4.69, 9.17) is 0 Å². The van der Waals surface area contributed by atoms with Gasteiger partial charge in [-0.3, -0.25) is 14.2 Å². The van der Waals surface area contributed by atoms with Gasteiger partial charge in [0.2, 0.25) is 5.91 Å². The molecule has 112 valence electrons. The van der Waals surface area contributed by atoms with E-state index in [1.54, 1.807) is 0 Å². The van der Waals surface area contributed by atoms with Crippen LogP contribution in [0.25, 0.3) is 10.9 Å². The number of nitrogens with zero attached hydrogens (tertiary/aromatic N) is 2. The second kappa shape index (κ2) is 6.03. The Kier molecular flexibility index (Phi) is 4.35. The summed E-state index contributed by atoms with van der Waals surface area (Å²) in [7, 11) is 0. The lowest BCUT2D eigenvalue weighted by Gasteiger charge is -2.17. The molecule has 1 aromatic carbocycles. The summed E-state index contributed by atoms with van der Waals surface area (Å²) in [6.07, 6.45) is 1.31. The van der Waals surface area contributed by atoms with Gasteiger partial charge in [-0.2, -0.15) is 0 Å². The van der Waals surface area contributed by atoms with E-state index in [2.05, 4.69) is 10.3 Å². The Balaban J connectivity index is 2.25. The van der Waals surface area contributed by atoms with Crippen LogP contribution in [0.1, 0.15) is 20.8 Å². The highest BCUT2D eigenvalue weighted by Crippen LogP contribution is 2.08. The lowest BCUT2D eigenvalue weighted by atomic mass is 10.1. The molecule has 21 heavy (non-hydrogen) atoms. The minimum absolute atomic E-state index is 0.0130. The second-order valence-electron chi connectivity index (χ2n) is 5.44. The van der Waals surface area contributed by atoms with Gasteiger partial charge >= 0.3 is 0 Å². The number of benzene rings is 1. The van der Waals surface area contributed by atoms with E-state index >= 15 is 0 Å². The standard InChI is InChI=1S/C15H18FN3O2/c1-9(2)10(3)18-14(20)7-19-8-17-13-5-4-11(16)6-12(13)15(19)21/h4-6,8-10H,7H2,1-3H3,(H,18,20)/t10-/m0/s1. The summed E-state index contributed by atoms with van der Waals surface area (Å²) in [6, 6.07) is 3.84. The van der Waals surface area contributed by atoms with Crippen molar-refractivity contribution in [1.82, 2.24) is 14.9 Å². The Morgan fingerprint density at radius 1 is 1.38 bits per heavy atom. The zero-order chi connectivity index (χ0) is 15.6. The fourth-order valence-electron chi connectivity index (χ4n) is 1.86. The molecule has 2 aromatic rings. The van der Waals surface area contributed by atoms with Gasteiger partial charge in [-0.25, -0.2) is 9.37 Å². The number of nitrogens with one attached hydrogen (secondary N) is 1. The third-order valence-corrected chi connectivity index (χ3v) is 3.49. The van der Waals surface area contributed by atoms with Crippen LogP contribution in [0, 0.1) is 11.7 Å². The molecular weight excluding hydrogens is 273 g/mol. The van der Waals surface area contributed by atoms with E-state index in [0.29, 0.717) is 11.4 Å². The molecule has 1 N–H and O–H groups in total. The average Bonchev–Trinajstić information content (AvgIpc) is 2.42. The van der Waals surface area contributed by atoms with Crippen LogP contribution < -0.4 is 10.9 Å². The van der Waals surface area contributed by atoms with Gasteiger partial charge in [-0.05, 0) is 31.0 Å². The molecule has 0 bridgehead atoms. The van der Waals surface area contributed by atoms with Gasteiger partial charge in [0, 0.05) is 6.04 Å². The molecule has 5 nitrogen and oxygen atoms in total. The van der Waals surface area contributed by atoms with Crippen LogP contribution in [-0.4, -0.2) is 21.5 Å². The van der Waals surface area contributed by atoms with Crippen molar-refractivity contribution in [2.75, 3.05) is 0 Å². The third-order valence-electron chi connectivity index (χ3n) is 3.49. The van der Waals surface area contributed by atoms with Crippen LogP contribution in [0.5, 0.6) is 0 Å². The van der Waals surface area contributed by atoms with Crippen LogP contribution in [0.2, 0.25) is 0 Å². The fraction of sp³-hybridized carbons (Fsp3) is 0.400. The Morgan fingerprint density at radius 3 is 2.76 bits per heavy atom. The highest BCUT2D eigenvalue weighted by molar-refractivity contribution is 5.79. The second-order valence-corrected chi connectivity index (χ2v) is 5.44. The Hall–Kier alpha value is -2.24. The first-order valence-electron chi connectivity index (χ1n) is 6.82. The van der Waals surface area contributed by atoms with Crippen molar-refractivity contribution in [3.8, 4) is 0 Å². The number of fused-ring (bicyclic) bond motifs is 1. The summed E-state index contributed by atoms with van der Waals surface area (Å²) >= 11 is 0. The number of carbonyl (C=O) groups excluding carboxylic acids is 1. The molecule has 1 heterocycles. The van der Waals surface area contributed by atoms with Crippen molar-refractivity contribution >= 4 is 16.8 Å². The molecular formula is C15H18FN3O2. The van der Waals surface area contributed by atoms with Crippen molar-refractivity contribution < 1.29 is 9.18 Å². The summed E-state index contributed by atoms with van der Waals surface area (Å²) in [5.41, 5.74) is -0.0135. The summed E-state index contributed by atoms with van der Waals surface area (Å²) in [6.45, 7) is 5.77. The van der Waals surface area contributed by atoms with E-state index in [1.807, 2.05) is 20.8 Å². The van der Waals surface area contributed by atoms with E-state index in [-0.39, 0.29) is 23.9 Å². The molecule has 0 unspecified atom stereocenters. The highest BCUT2D eigenvalue weighted by Gasteiger charge is 2.13. The van der Waals surface area contributed by atoms with Gasteiger partial charge in [-0.1, -0.05) is 13.8 Å². The van der Waals surface area contributed by atoms with Gasteiger partial charge in [0.15, 0.2) is 0 Å². The maximum absolute atomic E-state index is 13.2. The molecule has 1 atom stereocenters. The quantitative estimate of drug-likeness (QED) is 0.932. The van der Waals surface area contributed by atoms with Gasteiger partial charge in [0.25, 0.3) is 5.56 Å². The van der Waals surface area contributed by atoms with Crippen molar-refractivity contribution in [2.24, 2.45) is 5.92 Å². The maximum Gasteiger partial charge on any atom is 0.261 e. The lowest BCUT2D eigenvalue weighted by molar-refractivity contribution is -0.122. The minimum Gasteiger partial charge on any atom is -0.352 e. The first kappa shape index (κ1) is 15.2. The zero-order valence-corrected chi connectivity index (χ0v) is 12.3. The molecule has 0 spiro atoms. The van der Waals surface area contributed by atoms with Crippen LogP contribution in [0.4, 0.5) is 4.39 Å². The van der Waals surface area contributed by atoms with Crippen LogP contribution >= 0.6 is 0 Å². The summed E-state index contributed by atoms with van der Waals surface area (Å²) in [5, 5.41) is 2.98. The number of amides is 1. The van der Waals surface area contributed by atoms with E-state index in [0.717, 1.165) is 6.07 Å². The molecule has 0 aliphatic heterocycles. The molecule has 1 aromatic heterocycles. The first-order valence-corrected chi connectivity index (χ1v) is 6.82. The van der Waals surface area contributed by atoms with Crippen LogP contribution in [0.3, 0.4) is 0 Å². The molecule has 0 saturated carbocycles. The number of hydrogen-bond donors (Lipinski definition) is 1. The van der Waals surface area contributed by atoms with Crippen molar-refractivity contribution in [1.29, 1.82) is 0 Å². The van der Waals surface area contributed by atoms with Gasteiger partial charge in [0.05, 0.1) is 17.2 Å². The molecule has 0 aliphatic carbocycles. The molecule has 1 amide bonds. The van der Waals surface area contributed by atoms with Crippen molar-refractivity contribution in [3.63, 3.8) is 0 Å². The molecule has 2 rings (SSSR count). The minimum atomic E-state index is -0.503. The number of halogens is 1. The van der Waals surface area contributed by atoms with Gasteiger partial charge < -0.3 is 5.32 Å². The van der Waals surface area contributed by atoms with E-state index < -0.39 is 11.4 Å². The van der Waals surface area contributed by atoms with Gasteiger partial charge in [-0.15, -0.1) is 0 Å². The summed E-state index contributed by atoms with van der Waals surface area (Å²) in [4.78, 5) is 28.2. The van der Waals surface area contributed by atoms with E-state index in [1.165, 1.54) is 23.0 Å².